The van der Waals surface area contributed by atoms with E-state index in [2.05, 4.69) is 4.98 Å². The van der Waals surface area contributed by atoms with Crippen LogP contribution in [-0.4, -0.2) is 41.5 Å². The number of rotatable bonds is 7. The van der Waals surface area contributed by atoms with Crippen molar-refractivity contribution in [1.29, 1.82) is 0 Å². The van der Waals surface area contributed by atoms with Gasteiger partial charge >= 0.3 is 11.9 Å². The molecule has 1 saturated heterocycles. The van der Waals surface area contributed by atoms with Gasteiger partial charge in [-0.15, -0.1) is 0 Å². The van der Waals surface area contributed by atoms with Crippen LogP contribution in [0.2, 0.25) is 10.0 Å². The molecule has 1 aliphatic heterocycles. The summed E-state index contributed by atoms with van der Waals surface area (Å²) in [6.07, 6.45) is 0.834. The minimum Gasteiger partial charge on any atom is -0.507 e. The van der Waals surface area contributed by atoms with Crippen LogP contribution in [0.25, 0.3) is 5.76 Å². The Balaban J connectivity index is 1.89. The average molecular weight is 561 g/mol. The summed E-state index contributed by atoms with van der Waals surface area (Å²) in [4.78, 5) is 44.5. The second-order valence-electron chi connectivity index (χ2n) is 8.11. The van der Waals surface area contributed by atoms with Crippen molar-refractivity contribution in [2.24, 2.45) is 0 Å². The van der Waals surface area contributed by atoms with E-state index in [9.17, 15) is 19.5 Å². The Morgan fingerprint density at radius 2 is 1.86 bits per heavy atom. The fraction of sp³-hybridized carbons (Fsp3) is 0.231. The Morgan fingerprint density at radius 3 is 2.49 bits per heavy atom. The molecule has 1 atom stereocenters. The first-order chi connectivity index (χ1) is 17.7. The number of Topliss-reactive ketones (excluding diaryl/α,β-unsaturated/α-hetero) is 1. The van der Waals surface area contributed by atoms with Crippen LogP contribution in [0.5, 0.6) is 5.75 Å². The van der Waals surface area contributed by atoms with Gasteiger partial charge in [0.15, 0.2) is 5.13 Å². The number of aromatic nitrogens is 1. The van der Waals surface area contributed by atoms with Gasteiger partial charge in [0.1, 0.15) is 16.4 Å². The van der Waals surface area contributed by atoms with Gasteiger partial charge in [0.25, 0.3) is 5.78 Å². The van der Waals surface area contributed by atoms with E-state index < -0.39 is 23.7 Å². The molecule has 192 valence electrons. The summed E-state index contributed by atoms with van der Waals surface area (Å²) >= 11 is 13.5. The highest BCUT2D eigenvalue weighted by Gasteiger charge is 2.49. The molecule has 2 heterocycles. The normalized spacial score (nSPS) is 16.8. The van der Waals surface area contributed by atoms with E-state index in [1.165, 1.54) is 13.2 Å². The van der Waals surface area contributed by atoms with Gasteiger partial charge in [-0.25, -0.2) is 9.78 Å². The third kappa shape index (κ3) is 5.07. The molecule has 2 aromatic carbocycles. The van der Waals surface area contributed by atoms with Crippen molar-refractivity contribution in [1.82, 2.24) is 4.98 Å². The maximum absolute atomic E-state index is 13.3. The molecule has 0 radical (unpaired) electrons. The number of anilines is 1. The summed E-state index contributed by atoms with van der Waals surface area (Å²) < 4.78 is 10.4. The topological polar surface area (TPSA) is 106 Å². The second-order valence-corrected chi connectivity index (χ2v) is 9.93. The molecule has 37 heavy (non-hydrogen) atoms. The number of thiazole rings is 1. The predicted molar refractivity (Wildman–Crippen MR) is 142 cm³/mol. The van der Waals surface area contributed by atoms with E-state index >= 15 is 0 Å². The number of aliphatic hydroxyl groups excluding tert-OH is 1. The number of aliphatic hydroxyl groups is 1. The molecule has 1 amide bonds. The summed E-state index contributed by atoms with van der Waals surface area (Å²) in [5.74, 6) is -2.26. The number of ketones is 1. The molecule has 8 nitrogen and oxygen atoms in total. The van der Waals surface area contributed by atoms with E-state index in [-0.39, 0.29) is 26.4 Å². The van der Waals surface area contributed by atoms with Crippen molar-refractivity contribution in [2.75, 3.05) is 18.6 Å². The highest BCUT2D eigenvalue weighted by Crippen LogP contribution is 2.46. The van der Waals surface area contributed by atoms with Gasteiger partial charge in [0.2, 0.25) is 0 Å². The molecule has 1 N–H and O–H groups in total. The Bertz CT molecular complexity index is 1420. The summed E-state index contributed by atoms with van der Waals surface area (Å²) in [6, 6.07) is 10.0. The highest BCUT2D eigenvalue weighted by atomic mass is 35.5. The fourth-order valence-electron chi connectivity index (χ4n) is 3.90. The van der Waals surface area contributed by atoms with E-state index in [1.54, 1.807) is 43.3 Å². The van der Waals surface area contributed by atoms with Crippen molar-refractivity contribution in [3.8, 4) is 5.75 Å². The van der Waals surface area contributed by atoms with E-state index in [0.29, 0.717) is 34.2 Å². The quantitative estimate of drug-likeness (QED) is 0.164. The van der Waals surface area contributed by atoms with Crippen LogP contribution in [0.4, 0.5) is 5.13 Å². The van der Waals surface area contributed by atoms with Crippen LogP contribution in [0.15, 0.2) is 48.0 Å². The van der Waals surface area contributed by atoms with Crippen molar-refractivity contribution in [3.63, 3.8) is 0 Å². The number of halogens is 2. The zero-order valence-electron chi connectivity index (χ0n) is 20.1. The number of ether oxygens (including phenoxy) is 2. The molecule has 1 unspecified atom stereocenters. The van der Waals surface area contributed by atoms with E-state index in [4.69, 9.17) is 32.7 Å². The number of hydrogen-bond donors (Lipinski definition) is 1. The van der Waals surface area contributed by atoms with Crippen LogP contribution in [0.1, 0.15) is 45.9 Å². The first-order valence-corrected chi connectivity index (χ1v) is 12.8. The highest BCUT2D eigenvalue weighted by molar-refractivity contribution is 7.17. The number of methoxy groups -OCH3 is 1. The fourth-order valence-corrected chi connectivity index (χ4v) is 5.42. The number of carbonyl (C=O) groups is 3. The average Bonchev–Trinajstić information content (AvgIpc) is 3.38. The van der Waals surface area contributed by atoms with Gasteiger partial charge in [0.05, 0.1) is 31.0 Å². The molecule has 1 fully saturated rings. The Morgan fingerprint density at radius 1 is 1.16 bits per heavy atom. The van der Waals surface area contributed by atoms with Gasteiger partial charge in [-0.05, 0) is 55.3 Å². The molecule has 0 spiro atoms. The first-order valence-electron chi connectivity index (χ1n) is 11.2. The standard InChI is InChI=1S/C26H22Cl2N2O6S/c1-4-11-36-16-8-5-14(6-9-16)21(31)19-20(17-10-7-15(27)12-18(17)28)30(24(33)22(19)32)26-29-13(2)23(37-26)25(34)35-3/h5-10,12,20,31H,4,11H2,1-3H3/b21-19+. The van der Waals surface area contributed by atoms with Crippen LogP contribution in [0.3, 0.4) is 0 Å². The van der Waals surface area contributed by atoms with Crippen molar-refractivity contribution in [3.05, 3.63) is 79.8 Å². The summed E-state index contributed by atoms with van der Waals surface area (Å²) in [6.45, 7) is 4.11. The van der Waals surface area contributed by atoms with Crippen LogP contribution in [0, 0.1) is 6.92 Å². The number of carbonyl (C=O) groups excluding carboxylic acids is 3. The lowest BCUT2D eigenvalue weighted by molar-refractivity contribution is -0.132. The molecule has 11 heteroatoms. The van der Waals surface area contributed by atoms with Crippen molar-refractivity contribution in [2.45, 2.75) is 26.3 Å². The minimum atomic E-state index is -1.13. The Kier molecular flexibility index (Phi) is 7.87. The number of hydrogen-bond acceptors (Lipinski definition) is 8. The third-order valence-corrected chi connectivity index (χ3v) is 7.36. The summed E-state index contributed by atoms with van der Waals surface area (Å²) in [5, 5.41) is 11.9. The molecular formula is C26H22Cl2N2O6S. The number of aryl methyl sites for hydroxylation is 1. The number of nitrogens with zero attached hydrogens (tertiary/aromatic N) is 2. The smallest absolute Gasteiger partial charge is 0.350 e. The van der Waals surface area contributed by atoms with Crippen molar-refractivity contribution < 1.29 is 29.0 Å². The van der Waals surface area contributed by atoms with Gasteiger partial charge < -0.3 is 14.6 Å². The summed E-state index contributed by atoms with van der Waals surface area (Å²) in [5.41, 5.74) is 0.811. The van der Waals surface area contributed by atoms with Gasteiger partial charge in [0, 0.05) is 15.6 Å². The lowest BCUT2D eigenvalue weighted by atomic mass is 9.95. The second kappa shape index (κ2) is 10.9. The largest absolute Gasteiger partial charge is 0.507 e. The molecule has 0 saturated carbocycles. The molecule has 3 aromatic rings. The number of benzene rings is 2. The van der Waals surface area contributed by atoms with Gasteiger partial charge in [-0.3, -0.25) is 14.5 Å². The maximum atomic E-state index is 13.3. The van der Waals surface area contributed by atoms with E-state index in [1.807, 2.05) is 6.92 Å². The molecule has 1 aromatic heterocycles. The van der Waals surface area contributed by atoms with Crippen molar-refractivity contribution >= 4 is 63.1 Å². The third-order valence-electron chi connectivity index (χ3n) is 5.66. The van der Waals surface area contributed by atoms with E-state index in [0.717, 1.165) is 22.7 Å². The number of amides is 1. The number of esters is 1. The predicted octanol–water partition coefficient (Wildman–Crippen LogP) is 5.96. The van der Waals surface area contributed by atoms with Crippen LogP contribution in [-0.2, 0) is 14.3 Å². The SMILES string of the molecule is CCCOc1ccc(/C(O)=C2\C(=O)C(=O)N(c3nc(C)c(C(=O)OC)s3)C2c2ccc(Cl)cc2Cl)cc1. The monoisotopic (exact) mass is 560 g/mol. The zero-order valence-corrected chi connectivity index (χ0v) is 22.4. The molecular weight excluding hydrogens is 539 g/mol. The minimum absolute atomic E-state index is 0.0818. The van der Waals surface area contributed by atoms with Crippen LogP contribution < -0.4 is 9.64 Å². The maximum Gasteiger partial charge on any atom is 0.350 e. The first kappa shape index (κ1) is 26.7. The lowest BCUT2D eigenvalue weighted by Gasteiger charge is -2.24. The Labute approximate surface area is 227 Å². The zero-order chi connectivity index (χ0) is 26.9. The molecule has 0 aliphatic carbocycles. The van der Waals surface area contributed by atoms with Gasteiger partial charge in [-0.2, -0.15) is 0 Å². The molecule has 0 bridgehead atoms. The summed E-state index contributed by atoms with van der Waals surface area (Å²) in [7, 11) is 1.24. The lowest BCUT2D eigenvalue weighted by Crippen LogP contribution is -2.29. The molecule has 4 rings (SSSR count). The molecule has 1 aliphatic rings. The van der Waals surface area contributed by atoms with Gasteiger partial charge in [-0.1, -0.05) is 47.5 Å². The van der Waals surface area contributed by atoms with Crippen LogP contribution >= 0.6 is 34.5 Å². The Hall–Kier alpha value is -3.40.